The third-order valence-electron chi connectivity index (χ3n) is 7.89. The summed E-state index contributed by atoms with van der Waals surface area (Å²) in [4.78, 5) is 33.1. The number of nitrogens with zero attached hydrogens (tertiary/aromatic N) is 4. The van der Waals surface area contributed by atoms with Crippen LogP contribution in [0.1, 0.15) is 28.4 Å². The molecule has 9 rings (SSSR count). The van der Waals surface area contributed by atoms with Gasteiger partial charge < -0.3 is 19.8 Å². The van der Waals surface area contributed by atoms with Crippen LogP contribution in [-0.2, 0) is 4.74 Å². The fraction of sp³-hybridized carbons (Fsp3) is 0.182. The summed E-state index contributed by atoms with van der Waals surface area (Å²) in [5.74, 6) is 2.15. The molecule has 0 bridgehead atoms. The summed E-state index contributed by atoms with van der Waals surface area (Å²) in [5, 5.41) is 10.2. The number of carbonyl (C=O) groups is 1. The molecule has 2 aliphatic rings. The first kappa shape index (κ1) is 26.7. The van der Waals surface area contributed by atoms with E-state index in [-0.39, 0.29) is 12.6 Å². The molecule has 2 N–H and O–H groups in total. The van der Waals surface area contributed by atoms with E-state index in [9.17, 15) is 4.79 Å². The Kier molecular flexibility index (Phi) is 6.22. The molecule has 0 saturated carbocycles. The molecule has 0 fully saturated rings. The van der Waals surface area contributed by atoms with Crippen LogP contribution in [0, 0.1) is 0 Å². The van der Waals surface area contributed by atoms with Gasteiger partial charge in [0.15, 0.2) is 10.8 Å². The number of ether oxygens (including phenoxy) is 1. The monoisotopic (exact) mass is 648 g/mol. The molecule has 7 aromatic rings. The highest BCUT2D eigenvalue weighted by Crippen LogP contribution is 2.44. The van der Waals surface area contributed by atoms with Crippen LogP contribution in [0.4, 0.5) is 0 Å². The fourth-order valence-corrected chi connectivity index (χ4v) is 9.00. The van der Waals surface area contributed by atoms with Crippen molar-refractivity contribution in [1.29, 1.82) is 0 Å². The molecule has 9 nitrogen and oxygen atoms in total. The number of aliphatic imine (C=N–C) groups is 2. The van der Waals surface area contributed by atoms with Crippen molar-refractivity contribution >= 4 is 93.1 Å². The van der Waals surface area contributed by atoms with Gasteiger partial charge >= 0.3 is 5.97 Å². The zero-order valence-electron chi connectivity index (χ0n) is 24.0. The summed E-state index contributed by atoms with van der Waals surface area (Å²) in [7, 11) is 0. The standard InChI is InChI=1S/C33H24N6O3S3/c1-2-41-33(40)20-14-23-18(13-24(42-23)31-38-21-5-3-16(11-25(21)44-31)29-34-7-8-35-29)19-15-27(43-28(19)20)32-39-22-6-4-17(12-26(22)45-32)30-36-9-10-37-30/h3-6,11-15H,2,7-10H2,1H3,(H,34,35)(H,36,37). The predicted octanol–water partition coefficient (Wildman–Crippen LogP) is 7.08. The number of amidine groups is 2. The van der Waals surface area contributed by atoms with Gasteiger partial charge in [-0.05, 0) is 61.5 Å². The maximum atomic E-state index is 13.2. The van der Waals surface area contributed by atoms with Crippen molar-refractivity contribution in [3.63, 3.8) is 0 Å². The summed E-state index contributed by atoms with van der Waals surface area (Å²) in [6, 6.07) is 18.4. The Morgan fingerprint density at radius 1 is 0.822 bits per heavy atom. The average molecular weight is 649 g/mol. The van der Waals surface area contributed by atoms with E-state index >= 15 is 0 Å². The molecule has 0 saturated heterocycles. The molecule has 0 atom stereocenters. The molecule has 4 aromatic heterocycles. The average Bonchev–Trinajstić information content (AvgIpc) is 3.90. The van der Waals surface area contributed by atoms with Crippen molar-refractivity contribution in [1.82, 2.24) is 20.6 Å². The zero-order chi connectivity index (χ0) is 30.1. The smallest absolute Gasteiger partial charge is 0.339 e. The normalized spacial score (nSPS) is 14.8. The second-order valence-electron chi connectivity index (χ2n) is 10.7. The van der Waals surface area contributed by atoms with E-state index in [0.717, 1.165) is 99.8 Å². The first-order chi connectivity index (χ1) is 22.1. The molecular weight excluding hydrogens is 625 g/mol. The summed E-state index contributed by atoms with van der Waals surface area (Å²) in [5.41, 5.74) is 5.08. The lowest BCUT2D eigenvalue weighted by atomic mass is 10.1. The van der Waals surface area contributed by atoms with Crippen LogP contribution in [0.5, 0.6) is 0 Å². The van der Waals surface area contributed by atoms with E-state index in [0.29, 0.717) is 16.9 Å². The van der Waals surface area contributed by atoms with Gasteiger partial charge in [-0.15, -0.1) is 34.0 Å². The molecule has 222 valence electrons. The second-order valence-corrected chi connectivity index (χ2v) is 13.9. The summed E-state index contributed by atoms with van der Waals surface area (Å²) < 4.78 is 14.9. The number of hydrogen-bond acceptors (Lipinski definition) is 12. The minimum atomic E-state index is -0.370. The Hall–Kier alpha value is -4.65. The largest absolute Gasteiger partial charge is 0.462 e. The minimum absolute atomic E-state index is 0.288. The number of benzene rings is 3. The Morgan fingerprint density at radius 3 is 2.13 bits per heavy atom. The molecule has 45 heavy (non-hydrogen) atoms. The Bertz CT molecular complexity index is 2390. The van der Waals surface area contributed by atoms with Gasteiger partial charge in [-0.1, -0.05) is 0 Å². The highest BCUT2D eigenvalue weighted by molar-refractivity contribution is 7.28. The number of aromatic nitrogens is 2. The number of thiazole rings is 2. The Balaban J connectivity index is 1.16. The molecule has 0 spiro atoms. The predicted molar refractivity (Wildman–Crippen MR) is 184 cm³/mol. The van der Waals surface area contributed by atoms with Gasteiger partial charge in [0, 0.05) is 35.0 Å². The molecular formula is C33H24N6O3S3. The Labute approximate surface area is 268 Å². The topological polar surface area (TPSA) is 114 Å². The fourth-order valence-electron chi connectivity index (χ4n) is 5.82. The van der Waals surface area contributed by atoms with Crippen molar-refractivity contribution in [2.45, 2.75) is 6.92 Å². The summed E-state index contributed by atoms with van der Waals surface area (Å²) >= 11 is 4.77. The van der Waals surface area contributed by atoms with Crippen molar-refractivity contribution in [3.05, 3.63) is 71.3 Å². The lowest BCUT2D eigenvalue weighted by molar-refractivity contribution is 0.0529. The van der Waals surface area contributed by atoms with Crippen molar-refractivity contribution in [2.75, 3.05) is 32.8 Å². The van der Waals surface area contributed by atoms with Crippen LogP contribution >= 0.6 is 34.0 Å². The van der Waals surface area contributed by atoms with Gasteiger partial charge in [-0.3, -0.25) is 9.98 Å². The molecule has 12 heteroatoms. The number of rotatable bonds is 6. The molecule has 3 aromatic carbocycles. The highest BCUT2D eigenvalue weighted by Gasteiger charge is 2.23. The SMILES string of the molecule is CCOC(=O)c1cc2oc(-c3nc4ccc(C5=NCCN5)cc4s3)cc2c2cc(-c3nc4ccc(C5=NCCN5)cc4s3)sc12. The van der Waals surface area contributed by atoms with Gasteiger partial charge in [-0.2, -0.15) is 0 Å². The number of thiophene rings is 1. The summed E-state index contributed by atoms with van der Waals surface area (Å²) in [6.07, 6.45) is 0. The van der Waals surface area contributed by atoms with Gasteiger partial charge in [0.1, 0.15) is 22.3 Å². The lowest BCUT2D eigenvalue weighted by Gasteiger charge is -2.03. The van der Waals surface area contributed by atoms with Crippen LogP contribution in [0.2, 0.25) is 0 Å². The van der Waals surface area contributed by atoms with Gasteiger partial charge in [-0.25, -0.2) is 14.8 Å². The minimum Gasteiger partial charge on any atom is -0.462 e. The first-order valence-electron chi connectivity index (χ1n) is 14.7. The second kappa shape index (κ2) is 10.5. The van der Waals surface area contributed by atoms with Crippen molar-refractivity contribution in [3.8, 4) is 20.7 Å². The number of hydrogen-bond donors (Lipinski definition) is 2. The number of furan rings is 1. The molecule has 0 radical (unpaired) electrons. The number of carbonyl (C=O) groups excluding carboxylic acids is 1. The summed E-state index contributed by atoms with van der Waals surface area (Å²) in [6.45, 7) is 5.42. The molecule has 2 aliphatic heterocycles. The van der Waals surface area contributed by atoms with E-state index in [4.69, 9.17) is 19.1 Å². The van der Waals surface area contributed by atoms with Crippen molar-refractivity contribution in [2.24, 2.45) is 9.98 Å². The lowest BCUT2D eigenvalue weighted by Crippen LogP contribution is -2.19. The van der Waals surface area contributed by atoms with Crippen molar-refractivity contribution < 1.29 is 13.9 Å². The van der Waals surface area contributed by atoms with E-state index in [1.54, 1.807) is 40.1 Å². The highest BCUT2D eigenvalue weighted by atomic mass is 32.1. The number of fused-ring (bicyclic) bond motifs is 5. The molecule has 0 amide bonds. The Morgan fingerprint density at radius 2 is 1.49 bits per heavy atom. The molecule has 6 heterocycles. The maximum absolute atomic E-state index is 13.2. The van der Waals surface area contributed by atoms with Crippen LogP contribution in [0.15, 0.2) is 69.0 Å². The van der Waals surface area contributed by atoms with Crippen LogP contribution in [-0.4, -0.2) is 60.4 Å². The van der Waals surface area contributed by atoms with Gasteiger partial charge in [0.2, 0.25) is 0 Å². The van der Waals surface area contributed by atoms with Crippen LogP contribution in [0.25, 0.3) is 62.1 Å². The van der Waals surface area contributed by atoms with Crippen LogP contribution in [0.3, 0.4) is 0 Å². The third kappa shape index (κ3) is 4.51. The third-order valence-corrected chi connectivity index (χ3v) is 11.3. The van der Waals surface area contributed by atoms with E-state index < -0.39 is 0 Å². The van der Waals surface area contributed by atoms with E-state index in [2.05, 4.69) is 44.9 Å². The maximum Gasteiger partial charge on any atom is 0.339 e. The molecule has 0 unspecified atom stereocenters. The van der Waals surface area contributed by atoms with Crippen LogP contribution < -0.4 is 10.6 Å². The quantitative estimate of drug-likeness (QED) is 0.185. The van der Waals surface area contributed by atoms with Gasteiger partial charge in [0.05, 0.1) is 55.3 Å². The number of esters is 1. The van der Waals surface area contributed by atoms with E-state index in [1.807, 2.05) is 31.2 Å². The van der Waals surface area contributed by atoms with Gasteiger partial charge in [0.25, 0.3) is 0 Å². The van der Waals surface area contributed by atoms with E-state index in [1.165, 1.54) is 0 Å². The first-order valence-corrected chi connectivity index (χ1v) is 17.1. The molecule has 0 aliphatic carbocycles. The number of nitrogens with one attached hydrogen (secondary N) is 2. The zero-order valence-corrected chi connectivity index (χ0v) is 26.4.